The maximum atomic E-state index is 13.5. The van der Waals surface area contributed by atoms with Gasteiger partial charge < -0.3 is 14.9 Å². The Labute approximate surface area is 163 Å². The average Bonchev–Trinajstić information content (AvgIpc) is 2.64. The first-order chi connectivity index (χ1) is 13.2. The summed E-state index contributed by atoms with van der Waals surface area (Å²) in [6.07, 6.45) is 0. The van der Waals surface area contributed by atoms with Gasteiger partial charge in [0.2, 0.25) is 0 Å². The first kappa shape index (κ1) is 20.1. The Kier molecular flexibility index (Phi) is 5.57. The number of carboxylic acid groups (broad SMARTS) is 1. The van der Waals surface area contributed by atoms with Gasteiger partial charge in [0.05, 0.1) is 16.1 Å². The summed E-state index contributed by atoms with van der Waals surface area (Å²) >= 11 is 0. The second-order valence-corrected chi connectivity index (χ2v) is 8.49. The number of rotatable bonds is 5. The number of likely N-dealkylation sites (N-methyl/N-ethyl adjacent to an activating group) is 1. The van der Waals surface area contributed by atoms with Crippen LogP contribution in [0.25, 0.3) is 0 Å². The molecular formula is C19H22FN3O4S. The van der Waals surface area contributed by atoms with Gasteiger partial charge >= 0.3 is 5.97 Å². The van der Waals surface area contributed by atoms with E-state index < -0.39 is 21.8 Å². The van der Waals surface area contributed by atoms with Gasteiger partial charge in [0.1, 0.15) is 5.82 Å². The van der Waals surface area contributed by atoms with Crippen LogP contribution in [0, 0.1) is 12.7 Å². The van der Waals surface area contributed by atoms with Gasteiger partial charge in [-0.2, -0.15) is 0 Å². The molecule has 1 saturated heterocycles. The van der Waals surface area contributed by atoms with Gasteiger partial charge in [-0.15, -0.1) is 0 Å². The molecule has 1 aliphatic rings. The van der Waals surface area contributed by atoms with E-state index in [4.69, 9.17) is 0 Å². The van der Waals surface area contributed by atoms with Crippen molar-refractivity contribution in [3.05, 3.63) is 53.3 Å². The molecule has 0 bridgehead atoms. The molecule has 0 saturated carbocycles. The molecule has 0 atom stereocenters. The smallest absolute Gasteiger partial charge is 0.337 e. The third-order valence-electron chi connectivity index (χ3n) is 4.76. The number of nitrogens with one attached hydrogen (secondary N) is 1. The molecule has 9 heteroatoms. The lowest BCUT2D eigenvalue weighted by molar-refractivity contribution is 0.0697. The Balaban J connectivity index is 1.92. The number of anilines is 2. The molecule has 1 aliphatic heterocycles. The minimum Gasteiger partial charge on any atom is -0.478 e. The number of piperazine rings is 1. The van der Waals surface area contributed by atoms with E-state index in [1.54, 1.807) is 13.0 Å². The van der Waals surface area contributed by atoms with Gasteiger partial charge in [-0.3, -0.25) is 4.72 Å². The van der Waals surface area contributed by atoms with E-state index in [2.05, 4.69) is 9.62 Å². The summed E-state index contributed by atoms with van der Waals surface area (Å²) in [5, 5.41) is 9.60. The lowest BCUT2D eigenvalue weighted by Gasteiger charge is -2.34. The Morgan fingerprint density at radius 1 is 1.11 bits per heavy atom. The summed E-state index contributed by atoms with van der Waals surface area (Å²) in [5.41, 5.74) is 1.06. The van der Waals surface area contributed by atoms with Gasteiger partial charge in [-0.1, -0.05) is 6.07 Å². The normalized spacial score (nSPS) is 15.5. The van der Waals surface area contributed by atoms with Gasteiger partial charge in [-0.25, -0.2) is 17.6 Å². The number of hydrogen-bond acceptors (Lipinski definition) is 5. The molecule has 1 fully saturated rings. The van der Waals surface area contributed by atoms with E-state index in [0.717, 1.165) is 19.2 Å². The van der Waals surface area contributed by atoms with Crippen molar-refractivity contribution in [1.82, 2.24) is 4.90 Å². The van der Waals surface area contributed by atoms with E-state index in [0.29, 0.717) is 24.3 Å². The average molecular weight is 407 g/mol. The Bertz CT molecular complexity index is 1000. The standard InChI is InChI=1S/C19H22FN3O4S/c1-13-3-4-14(20)11-18(13)28(26,27)21-15-5-6-17(16(12-15)19(24)25)23-9-7-22(2)8-10-23/h3-6,11-12,21H,7-10H2,1-2H3,(H,24,25). The van der Waals surface area contributed by atoms with Crippen LogP contribution in [-0.4, -0.2) is 57.6 Å². The van der Waals surface area contributed by atoms with Crippen LogP contribution in [0.4, 0.5) is 15.8 Å². The first-order valence-electron chi connectivity index (χ1n) is 8.77. The van der Waals surface area contributed by atoms with E-state index in [1.807, 2.05) is 11.9 Å². The number of halogens is 1. The molecule has 150 valence electrons. The van der Waals surface area contributed by atoms with Crippen LogP contribution in [0.2, 0.25) is 0 Å². The quantitative estimate of drug-likeness (QED) is 0.791. The third-order valence-corrected chi connectivity index (χ3v) is 6.29. The number of hydrogen-bond donors (Lipinski definition) is 2. The summed E-state index contributed by atoms with van der Waals surface area (Å²) in [4.78, 5) is 15.7. The van der Waals surface area contributed by atoms with Crippen LogP contribution in [0.1, 0.15) is 15.9 Å². The van der Waals surface area contributed by atoms with Crippen LogP contribution in [0.5, 0.6) is 0 Å². The van der Waals surface area contributed by atoms with Gasteiger partial charge in [0.15, 0.2) is 0 Å². The molecule has 0 spiro atoms. The van der Waals surface area contributed by atoms with Crippen LogP contribution < -0.4 is 9.62 Å². The topological polar surface area (TPSA) is 90.0 Å². The number of aryl methyl sites for hydroxylation is 1. The molecule has 1 heterocycles. The number of aromatic carboxylic acids is 1. The molecular weight excluding hydrogens is 385 g/mol. The molecule has 0 radical (unpaired) electrons. The number of carbonyl (C=O) groups is 1. The fourth-order valence-corrected chi connectivity index (χ4v) is 4.47. The van der Waals surface area contributed by atoms with E-state index in [1.165, 1.54) is 24.3 Å². The highest BCUT2D eigenvalue weighted by molar-refractivity contribution is 7.92. The van der Waals surface area contributed by atoms with Gasteiger partial charge in [0, 0.05) is 31.9 Å². The molecule has 0 amide bonds. The zero-order chi connectivity index (χ0) is 20.5. The predicted octanol–water partition coefficient (Wildman–Crippen LogP) is 2.38. The van der Waals surface area contributed by atoms with E-state index in [9.17, 15) is 22.7 Å². The van der Waals surface area contributed by atoms with Crippen LogP contribution in [-0.2, 0) is 10.0 Å². The lowest BCUT2D eigenvalue weighted by Crippen LogP contribution is -2.45. The van der Waals surface area contributed by atoms with Crippen molar-refractivity contribution < 1.29 is 22.7 Å². The van der Waals surface area contributed by atoms with Crippen LogP contribution >= 0.6 is 0 Å². The molecule has 0 unspecified atom stereocenters. The maximum Gasteiger partial charge on any atom is 0.337 e. The summed E-state index contributed by atoms with van der Waals surface area (Å²) in [5.74, 6) is -1.81. The first-order valence-corrected chi connectivity index (χ1v) is 10.3. The fourth-order valence-electron chi connectivity index (χ4n) is 3.17. The number of carboxylic acids is 1. The van der Waals surface area contributed by atoms with Crippen molar-refractivity contribution in [2.75, 3.05) is 42.8 Å². The number of benzene rings is 2. The monoisotopic (exact) mass is 407 g/mol. The highest BCUT2D eigenvalue weighted by atomic mass is 32.2. The predicted molar refractivity (Wildman–Crippen MR) is 105 cm³/mol. The van der Waals surface area contributed by atoms with Crippen molar-refractivity contribution in [2.24, 2.45) is 0 Å². The summed E-state index contributed by atoms with van der Waals surface area (Å²) < 4.78 is 41.1. The Morgan fingerprint density at radius 3 is 2.43 bits per heavy atom. The zero-order valence-corrected chi connectivity index (χ0v) is 16.5. The number of sulfonamides is 1. The largest absolute Gasteiger partial charge is 0.478 e. The molecule has 2 N–H and O–H groups in total. The molecule has 0 aromatic heterocycles. The van der Waals surface area contributed by atoms with Crippen LogP contribution in [0.3, 0.4) is 0 Å². The van der Waals surface area contributed by atoms with Crippen molar-refractivity contribution >= 4 is 27.4 Å². The van der Waals surface area contributed by atoms with Gasteiger partial charge in [-0.05, 0) is 49.9 Å². The zero-order valence-electron chi connectivity index (χ0n) is 15.6. The molecule has 2 aromatic rings. The molecule has 0 aliphatic carbocycles. The molecule has 28 heavy (non-hydrogen) atoms. The third kappa shape index (κ3) is 4.26. The summed E-state index contributed by atoms with van der Waals surface area (Å²) in [7, 11) is -2.06. The van der Waals surface area contributed by atoms with Crippen molar-refractivity contribution in [2.45, 2.75) is 11.8 Å². The minimum atomic E-state index is -4.06. The molecule has 3 rings (SSSR count). The van der Waals surface area contributed by atoms with E-state index in [-0.39, 0.29) is 16.1 Å². The summed E-state index contributed by atoms with van der Waals surface area (Å²) in [6.45, 7) is 4.56. The molecule has 2 aromatic carbocycles. The Hall–Kier alpha value is -2.65. The highest BCUT2D eigenvalue weighted by Gasteiger charge is 2.22. The van der Waals surface area contributed by atoms with Crippen LogP contribution in [0.15, 0.2) is 41.3 Å². The van der Waals surface area contributed by atoms with Crippen molar-refractivity contribution in [3.63, 3.8) is 0 Å². The van der Waals surface area contributed by atoms with E-state index >= 15 is 0 Å². The number of nitrogens with zero attached hydrogens (tertiary/aromatic N) is 2. The summed E-state index contributed by atoms with van der Waals surface area (Å²) in [6, 6.07) is 7.92. The lowest BCUT2D eigenvalue weighted by atomic mass is 10.1. The SMILES string of the molecule is Cc1ccc(F)cc1S(=O)(=O)Nc1ccc(N2CCN(C)CC2)c(C(=O)O)c1. The molecule has 7 nitrogen and oxygen atoms in total. The van der Waals surface area contributed by atoms with Crippen molar-refractivity contribution in [3.8, 4) is 0 Å². The second-order valence-electron chi connectivity index (χ2n) is 6.84. The van der Waals surface area contributed by atoms with Crippen molar-refractivity contribution in [1.29, 1.82) is 0 Å². The fraction of sp³-hybridized carbons (Fsp3) is 0.316. The Morgan fingerprint density at radius 2 is 1.79 bits per heavy atom. The highest BCUT2D eigenvalue weighted by Crippen LogP contribution is 2.27. The second kappa shape index (κ2) is 7.76. The minimum absolute atomic E-state index is 0.0146. The van der Waals surface area contributed by atoms with Gasteiger partial charge in [0.25, 0.3) is 10.0 Å². The maximum absolute atomic E-state index is 13.5.